The number of aromatic nitrogens is 3. The Hall–Kier alpha value is -3.26. The highest BCUT2D eigenvalue weighted by Gasteiger charge is 2.25. The summed E-state index contributed by atoms with van der Waals surface area (Å²) in [5, 5.41) is 0. The topological polar surface area (TPSA) is 75.2 Å². The Morgan fingerprint density at radius 1 is 1.22 bits per heavy atom. The number of carbonyl (C=O) groups excluding carboxylic acids is 1. The quantitative estimate of drug-likeness (QED) is 0.552. The van der Waals surface area contributed by atoms with E-state index in [1.54, 1.807) is 6.07 Å². The summed E-state index contributed by atoms with van der Waals surface area (Å²) in [6.07, 6.45) is 1.53. The van der Waals surface area contributed by atoms with Gasteiger partial charge in [-0.15, -0.1) is 0 Å². The standard InChI is InChI=1S/C24H26FN3O4/c1-15-12-19(17(3)28(15)16(2)18-8-5-4-6-9-18)21(29)14-27-23(30)20(25)13-26(24(27)31)22-10-7-11-32-22/h4-6,8-9,12-13,16,22H,7,10-11,14H2,1-3H3. The molecule has 1 aromatic carbocycles. The Labute approximate surface area is 184 Å². The van der Waals surface area contributed by atoms with Gasteiger partial charge in [0.1, 0.15) is 6.23 Å². The number of rotatable bonds is 6. The lowest BCUT2D eigenvalue weighted by Crippen LogP contribution is -2.43. The van der Waals surface area contributed by atoms with Gasteiger partial charge in [-0.05, 0) is 45.2 Å². The first-order chi connectivity index (χ1) is 15.3. The Kier molecular flexibility index (Phi) is 5.97. The lowest BCUT2D eigenvalue weighted by atomic mass is 10.1. The lowest BCUT2D eigenvalue weighted by Gasteiger charge is -2.19. The van der Waals surface area contributed by atoms with E-state index in [0.717, 1.165) is 34.1 Å². The fraction of sp³-hybridized carbons (Fsp3) is 0.375. The van der Waals surface area contributed by atoms with Gasteiger partial charge in [-0.1, -0.05) is 30.3 Å². The summed E-state index contributed by atoms with van der Waals surface area (Å²) in [6, 6.07) is 11.6. The van der Waals surface area contributed by atoms with Crippen LogP contribution < -0.4 is 11.2 Å². The van der Waals surface area contributed by atoms with Gasteiger partial charge >= 0.3 is 5.69 Å². The molecule has 2 unspecified atom stereocenters. The van der Waals surface area contributed by atoms with Gasteiger partial charge in [0.05, 0.1) is 18.8 Å². The van der Waals surface area contributed by atoms with Crippen molar-refractivity contribution in [2.24, 2.45) is 0 Å². The molecule has 1 aliphatic heterocycles. The van der Waals surface area contributed by atoms with E-state index in [1.807, 2.05) is 55.7 Å². The van der Waals surface area contributed by atoms with Crippen LogP contribution in [-0.2, 0) is 11.3 Å². The molecule has 0 amide bonds. The smallest absolute Gasteiger partial charge is 0.333 e. The van der Waals surface area contributed by atoms with Crippen LogP contribution in [0.2, 0.25) is 0 Å². The highest BCUT2D eigenvalue weighted by Crippen LogP contribution is 2.26. The van der Waals surface area contributed by atoms with Gasteiger partial charge in [-0.25, -0.2) is 9.36 Å². The maximum absolute atomic E-state index is 14.3. The van der Waals surface area contributed by atoms with E-state index in [4.69, 9.17) is 4.74 Å². The Morgan fingerprint density at radius 3 is 2.59 bits per heavy atom. The van der Waals surface area contributed by atoms with Crippen molar-refractivity contribution in [3.05, 3.63) is 91.8 Å². The minimum Gasteiger partial charge on any atom is -0.358 e. The van der Waals surface area contributed by atoms with Crippen LogP contribution in [0, 0.1) is 19.7 Å². The number of ether oxygens (including phenoxy) is 1. The Bertz CT molecular complexity index is 1270. The number of carbonyl (C=O) groups is 1. The van der Waals surface area contributed by atoms with E-state index in [-0.39, 0.29) is 6.04 Å². The van der Waals surface area contributed by atoms with E-state index >= 15 is 0 Å². The predicted molar refractivity (Wildman–Crippen MR) is 118 cm³/mol. The molecule has 2 aromatic heterocycles. The Balaban J connectivity index is 1.69. The summed E-state index contributed by atoms with van der Waals surface area (Å²) in [6.45, 7) is 5.70. The van der Waals surface area contributed by atoms with Crippen molar-refractivity contribution in [2.75, 3.05) is 6.61 Å². The number of hydrogen-bond acceptors (Lipinski definition) is 4. The van der Waals surface area contributed by atoms with E-state index in [0.29, 0.717) is 23.2 Å². The summed E-state index contributed by atoms with van der Waals surface area (Å²) in [5.41, 5.74) is 1.25. The maximum Gasteiger partial charge on any atom is 0.333 e. The van der Waals surface area contributed by atoms with Gasteiger partial charge < -0.3 is 9.30 Å². The van der Waals surface area contributed by atoms with Crippen LogP contribution in [0.4, 0.5) is 4.39 Å². The third-order valence-electron chi connectivity index (χ3n) is 6.13. The molecular formula is C24H26FN3O4. The van der Waals surface area contributed by atoms with Crippen LogP contribution in [0.3, 0.4) is 0 Å². The summed E-state index contributed by atoms with van der Waals surface area (Å²) in [4.78, 5) is 38.4. The number of hydrogen-bond donors (Lipinski definition) is 0. The first-order valence-corrected chi connectivity index (χ1v) is 10.7. The van der Waals surface area contributed by atoms with Crippen LogP contribution in [0.1, 0.15) is 59.3 Å². The van der Waals surface area contributed by atoms with Crippen LogP contribution in [0.5, 0.6) is 0 Å². The van der Waals surface area contributed by atoms with E-state index in [9.17, 15) is 18.8 Å². The molecule has 8 heteroatoms. The lowest BCUT2D eigenvalue weighted by molar-refractivity contribution is 0.0501. The predicted octanol–water partition coefficient (Wildman–Crippen LogP) is 3.37. The summed E-state index contributed by atoms with van der Waals surface area (Å²) in [7, 11) is 0. The largest absolute Gasteiger partial charge is 0.358 e. The number of nitrogens with zero attached hydrogens (tertiary/aromatic N) is 3. The van der Waals surface area contributed by atoms with Crippen molar-refractivity contribution >= 4 is 5.78 Å². The van der Waals surface area contributed by atoms with Gasteiger partial charge in [-0.3, -0.25) is 14.2 Å². The average Bonchev–Trinajstić information content (AvgIpc) is 3.42. The SMILES string of the molecule is Cc1cc(C(=O)Cn2c(=O)c(F)cn(C3CCCO3)c2=O)c(C)n1C(C)c1ccccc1. The molecule has 1 fully saturated rings. The molecule has 1 saturated heterocycles. The fourth-order valence-corrected chi connectivity index (χ4v) is 4.48. The number of aryl methyl sites for hydroxylation is 1. The molecule has 1 aliphatic rings. The zero-order valence-electron chi connectivity index (χ0n) is 18.4. The molecule has 7 nitrogen and oxygen atoms in total. The number of ketones is 1. The minimum atomic E-state index is -1.11. The molecule has 0 aliphatic carbocycles. The molecule has 168 valence electrons. The fourth-order valence-electron chi connectivity index (χ4n) is 4.48. The number of halogens is 1. The van der Waals surface area contributed by atoms with Gasteiger partial charge in [0.15, 0.2) is 5.78 Å². The summed E-state index contributed by atoms with van der Waals surface area (Å²) >= 11 is 0. The second-order valence-corrected chi connectivity index (χ2v) is 8.19. The Morgan fingerprint density at radius 2 is 1.94 bits per heavy atom. The maximum atomic E-state index is 14.3. The van der Waals surface area contributed by atoms with Crippen molar-refractivity contribution in [1.29, 1.82) is 0 Å². The van der Waals surface area contributed by atoms with Crippen LogP contribution in [0.25, 0.3) is 0 Å². The zero-order chi connectivity index (χ0) is 23.0. The molecule has 4 rings (SSSR count). The van der Waals surface area contributed by atoms with E-state index in [2.05, 4.69) is 0 Å². The van der Waals surface area contributed by atoms with Gasteiger partial charge in [0, 0.05) is 23.6 Å². The molecule has 2 atom stereocenters. The van der Waals surface area contributed by atoms with Crippen molar-refractivity contribution in [3.63, 3.8) is 0 Å². The summed E-state index contributed by atoms with van der Waals surface area (Å²) < 4.78 is 23.5. The minimum absolute atomic E-state index is 0.00798. The van der Waals surface area contributed by atoms with Crippen molar-refractivity contribution in [2.45, 2.75) is 52.4 Å². The normalized spacial score (nSPS) is 16.9. The molecule has 0 saturated carbocycles. The molecule has 0 spiro atoms. The molecule has 0 bridgehead atoms. The van der Waals surface area contributed by atoms with Crippen molar-refractivity contribution in [3.8, 4) is 0 Å². The zero-order valence-corrected chi connectivity index (χ0v) is 18.4. The van der Waals surface area contributed by atoms with Crippen molar-refractivity contribution < 1.29 is 13.9 Å². The van der Waals surface area contributed by atoms with Crippen LogP contribution in [-0.4, -0.2) is 26.1 Å². The molecule has 32 heavy (non-hydrogen) atoms. The van der Waals surface area contributed by atoms with Gasteiger partial charge in [0.2, 0.25) is 5.82 Å². The number of benzene rings is 1. The molecule has 3 heterocycles. The van der Waals surface area contributed by atoms with E-state index in [1.165, 1.54) is 0 Å². The third-order valence-corrected chi connectivity index (χ3v) is 6.13. The second-order valence-electron chi connectivity index (χ2n) is 8.19. The molecule has 0 radical (unpaired) electrons. The van der Waals surface area contributed by atoms with Gasteiger partial charge in [0.25, 0.3) is 5.56 Å². The monoisotopic (exact) mass is 439 g/mol. The van der Waals surface area contributed by atoms with Crippen LogP contribution in [0.15, 0.2) is 52.2 Å². The van der Waals surface area contributed by atoms with E-state index < -0.39 is 35.6 Å². The molecular weight excluding hydrogens is 413 g/mol. The highest BCUT2D eigenvalue weighted by molar-refractivity contribution is 5.97. The van der Waals surface area contributed by atoms with Gasteiger partial charge in [-0.2, -0.15) is 4.39 Å². The average molecular weight is 439 g/mol. The number of Topliss-reactive ketones (excluding diaryl/α,β-unsaturated/α-hetero) is 1. The van der Waals surface area contributed by atoms with Crippen molar-refractivity contribution in [1.82, 2.24) is 13.7 Å². The van der Waals surface area contributed by atoms with Crippen LogP contribution >= 0.6 is 0 Å². The first-order valence-electron chi connectivity index (χ1n) is 10.7. The molecule has 3 aromatic rings. The summed E-state index contributed by atoms with van der Waals surface area (Å²) in [5.74, 6) is -1.51. The molecule has 0 N–H and O–H groups in total. The third kappa shape index (κ3) is 3.86. The second kappa shape index (κ2) is 8.70. The highest BCUT2D eigenvalue weighted by atomic mass is 19.1. The first kappa shape index (κ1) is 22.0.